The topological polar surface area (TPSA) is 50.4 Å². The van der Waals surface area contributed by atoms with E-state index in [9.17, 15) is 4.79 Å². The van der Waals surface area contributed by atoms with Crippen molar-refractivity contribution in [2.75, 3.05) is 26.2 Å². The zero-order chi connectivity index (χ0) is 15.2. The molecule has 0 saturated carbocycles. The number of amides is 1. The van der Waals surface area contributed by atoms with E-state index in [1.54, 1.807) is 0 Å². The lowest BCUT2D eigenvalue weighted by Crippen LogP contribution is -2.31. The third-order valence-electron chi connectivity index (χ3n) is 3.99. The molecule has 5 heteroatoms. The number of hydrogen-bond acceptors (Lipinski definition) is 3. The maximum Gasteiger partial charge on any atom is 0.257 e. The predicted molar refractivity (Wildman–Crippen MR) is 92.0 cm³/mol. The van der Waals surface area contributed by atoms with Gasteiger partial charge in [0.15, 0.2) is 6.61 Å². The fourth-order valence-corrected chi connectivity index (χ4v) is 2.96. The van der Waals surface area contributed by atoms with Crippen molar-refractivity contribution < 1.29 is 9.53 Å². The number of carbonyl (C=O) groups is 1. The maximum atomic E-state index is 11.8. The van der Waals surface area contributed by atoms with Crippen LogP contribution in [0.2, 0.25) is 0 Å². The van der Waals surface area contributed by atoms with Crippen LogP contribution in [-0.4, -0.2) is 32.1 Å². The zero-order valence-electron chi connectivity index (χ0n) is 13.7. The lowest BCUT2D eigenvalue weighted by atomic mass is 10.1. The highest BCUT2D eigenvalue weighted by molar-refractivity contribution is 5.85. The second kappa shape index (κ2) is 9.01. The Balaban J connectivity index is 0.00000242. The molecule has 0 spiro atoms. The SMILES string of the molecule is Cc1cc(C)c(OCC(=O)NCCC2CCNC2)c(C)c1.Cl. The second-order valence-corrected chi connectivity index (χ2v) is 6.01. The van der Waals surface area contributed by atoms with Crippen molar-refractivity contribution in [3.63, 3.8) is 0 Å². The predicted octanol–water partition coefficient (Wildman–Crippen LogP) is 2.53. The highest BCUT2D eigenvalue weighted by Crippen LogP contribution is 2.24. The van der Waals surface area contributed by atoms with Gasteiger partial charge in [-0.25, -0.2) is 0 Å². The summed E-state index contributed by atoms with van der Waals surface area (Å²) in [4.78, 5) is 11.8. The summed E-state index contributed by atoms with van der Waals surface area (Å²) in [7, 11) is 0. The third-order valence-corrected chi connectivity index (χ3v) is 3.99. The highest BCUT2D eigenvalue weighted by Gasteiger charge is 2.14. The van der Waals surface area contributed by atoms with E-state index in [1.807, 2.05) is 13.8 Å². The van der Waals surface area contributed by atoms with Crippen LogP contribution in [0.25, 0.3) is 0 Å². The largest absolute Gasteiger partial charge is 0.483 e. The van der Waals surface area contributed by atoms with Crippen LogP contribution >= 0.6 is 12.4 Å². The molecule has 124 valence electrons. The van der Waals surface area contributed by atoms with E-state index in [2.05, 4.69) is 29.7 Å². The fraction of sp³-hybridized carbons (Fsp3) is 0.588. The minimum atomic E-state index is -0.0414. The van der Waals surface area contributed by atoms with Crippen molar-refractivity contribution in [3.8, 4) is 5.75 Å². The van der Waals surface area contributed by atoms with Crippen LogP contribution in [0.15, 0.2) is 12.1 Å². The Morgan fingerprint density at radius 2 is 2.00 bits per heavy atom. The minimum absolute atomic E-state index is 0. The van der Waals surface area contributed by atoms with E-state index in [-0.39, 0.29) is 24.9 Å². The molecule has 1 saturated heterocycles. The minimum Gasteiger partial charge on any atom is -0.483 e. The van der Waals surface area contributed by atoms with Gasteiger partial charge in [0.2, 0.25) is 0 Å². The Hall–Kier alpha value is -1.26. The second-order valence-electron chi connectivity index (χ2n) is 6.01. The number of nitrogens with one attached hydrogen (secondary N) is 2. The summed E-state index contributed by atoms with van der Waals surface area (Å²) in [5.41, 5.74) is 3.38. The first kappa shape index (κ1) is 18.8. The molecule has 1 aliphatic heterocycles. The maximum absolute atomic E-state index is 11.8. The van der Waals surface area contributed by atoms with Gasteiger partial charge in [-0.3, -0.25) is 4.79 Å². The molecule has 1 heterocycles. The molecular weight excluding hydrogens is 300 g/mol. The molecule has 1 fully saturated rings. The van der Waals surface area contributed by atoms with Crippen LogP contribution in [0.4, 0.5) is 0 Å². The van der Waals surface area contributed by atoms with Crippen LogP contribution < -0.4 is 15.4 Å². The summed E-state index contributed by atoms with van der Waals surface area (Å²) in [6.45, 7) is 9.10. The summed E-state index contributed by atoms with van der Waals surface area (Å²) in [5.74, 6) is 1.49. The van der Waals surface area contributed by atoms with E-state index in [1.165, 1.54) is 12.0 Å². The summed E-state index contributed by atoms with van der Waals surface area (Å²) < 4.78 is 5.68. The number of ether oxygens (including phenoxy) is 1. The van der Waals surface area contributed by atoms with E-state index in [4.69, 9.17) is 4.74 Å². The Morgan fingerprint density at radius 3 is 2.59 bits per heavy atom. The first-order chi connectivity index (χ1) is 10.1. The molecule has 4 nitrogen and oxygen atoms in total. The van der Waals surface area contributed by atoms with Gasteiger partial charge in [-0.1, -0.05) is 17.7 Å². The number of rotatable bonds is 6. The van der Waals surface area contributed by atoms with E-state index < -0.39 is 0 Å². The summed E-state index contributed by atoms with van der Waals surface area (Å²) >= 11 is 0. The lowest BCUT2D eigenvalue weighted by molar-refractivity contribution is -0.123. The van der Waals surface area contributed by atoms with E-state index in [0.717, 1.165) is 42.9 Å². The number of benzene rings is 1. The molecule has 1 atom stereocenters. The van der Waals surface area contributed by atoms with Crippen LogP contribution in [-0.2, 0) is 4.79 Å². The van der Waals surface area contributed by atoms with Crippen LogP contribution in [0.5, 0.6) is 5.75 Å². The monoisotopic (exact) mass is 326 g/mol. The van der Waals surface area contributed by atoms with Crippen molar-refractivity contribution >= 4 is 18.3 Å². The van der Waals surface area contributed by atoms with E-state index >= 15 is 0 Å². The van der Waals surface area contributed by atoms with Gasteiger partial charge < -0.3 is 15.4 Å². The van der Waals surface area contributed by atoms with Crippen molar-refractivity contribution in [1.29, 1.82) is 0 Å². The van der Waals surface area contributed by atoms with Gasteiger partial charge in [0, 0.05) is 6.54 Å². The Bertz CT molecular complexity index is 476. The van der Waals surface area contributed by atoms with Crippen molar-refractivity contribution in [2.45, 2.75) is 33.6 Å². The third kappa shape index (κ3) is 5.50. The van der Waals surface area contributed by atoms with Gasteiger partial charge >= 0.3 is 0 Å². The summed E-state index contributed by atoms with van der Waals surface area (Å²) in [6, 6.07) is 4.15. The molecule has 1 unspecified atom stereocenters. The Labute approximate surface area is 139 Å². The summed E-state index contributed by atoms with van der Waals surface area (Å²) in [5, 5.41) is 6.28. The van der Waals surface area contributed by atoms with Gasteiger partial charge in [-0.05, 0) is 63.7 Å². The lowest BCUT2D eigenvalue weighted by Gasteiger charge is -2.13. The van der Waals surface area contributed by atoms with E-state index in [0.29, 0.717) is 5.92 Å². The van der Waals surface area contributed by atoms with Crippen molar-refractivity contribution in [1.82, 2.24) is 10.6 Å². The van der Waals surface area contributed by atoms with Crippen LogP contribution in [0.1, 0.15) is 29.5 Å². The average Bonchev–Trinajstić information content (AvgIpc) is 2.90. The van der Waals surface area contributed by atoms with Gasteiger partial charge in [0.05, 0.1) is 0 Å². The molecule has 22 heavy (non-hydrogen) atoms. The van der Waals surface area contributed by atoms with Crippen molar-refractivity contribution in [3.05, 3.63) is 28.8 Å². The molecular formula is C17H27ClN2O2. The molecule has 1 aliphatic rings. The molecule has 1 amide bonds. The van der Waals surface area contributed by atoms with Crippen molar-refractivity contribution in [2.24, 2.45) is 5.92 Å². The molecule has 1 aromatic carbocycles. The van der Waals surface area contributed by atoms with Gasteiger partial charge in [-0.15, -0.1) is 12.4 Å². The Kier molecular flexibility index (Phi) is 7.69. The summed E-state index contributed by atoms with van der Waals surface area (Å²) in [6.07, 6.45) is 2.26. The molecule has 0 bridgehead atoms. The van der Waals surface area contributed by atoms with Crippen LogP contribution in [0.3, 0.4) is 0 Å². The number of hydrogen-bond donors (Lipinski definition) is 2. The molecule has 2 N–H and O–H groups in total. The normalized spacial score (nSPS) is 17.0. The number of aryl methyl sites for hydroxylation is 3. The standard InChI is InChI=1S/C17H26N2O2.ClH/c1-12-8-13(2)17(14(3)9-12)21-11-16(20)19-7-5-15-4-6-18-10-15;/h8-9,15,18H,4-7,10-11H2,1-3H3,(H,19,20);1H. The van der Waals surface area contributed by atoms with Gasteiger partial charge in [0.25, 0.3) is 5.91 Å². The van der Waals surface area contributed by atoms with Crippen LogP contribution in [0, 0.1) is 26.7 Å². The molecule has 1 aromatic rings. The number of carbonyl (C=O) groups excluding carboxylic acids is 1. The van der Waals surface area contributed by atoms with Gasteiger partial charge in [-0.2, -0.15) is 0 Å². The molecule has 0 radical (unpaired) electrons. The zero-order valence-corrected chi connectivity index (χ0v) is 14.5. The fourth-order valence-electron chi connectivity index (χ4n) is 2.96. The molecule has 0 aromatic heterocycles. The average molecular weight is 327 g/mol. The first-order valence-electron chi connectivity index (χ1n) is 7.74. The quantitative estimate of drug-likeness (QED) is 0.844. The smallest absolute Gasteiger partial charge is 0.257 e. The number of halogens is 1. The molecule has 2 rings (SSSR count). The molecule has 0 aliphatic carbocycles. The first-order valence-corrected chi connectivity index (χ1v) is 7.74. The highest BCUT2D eigenvalue weighted by atomic mass is 35.5. The van der Waals surface area contributed by atoms with Gasteiger partial charge in [0.1, 0.15) is 5.75 Å². The Morgan fingerprint density at radius 1 is 1.32 bits per heavy atom.